The van der Waals surface area contributed by atoms with Crippen LogP contribution < -0.4 is 5.32 Å². The molecule has 1 heterocycles. The summed E-state index contributed by atoms with van der Waals surface area (Å²) in [7, 11) is 3.56. The van der Waals surface area contributed by atoms with Gasteiger partial charge in [0.2, 0.25) is 0 Å². The van der Waals surface area contributed by atoms with Crippen LogP contribution in [0.3, 0.4) is 0 Å². The third-order valence-corrected chi connectivity index (χ3v) is 3.55. The van der Waals surface area contributed by atoms with Gasteiger partial charge in [-0.3, -0.25) is 4.90 Å². The Hall–Kier alpha value is 0.360. The Morgan fingerprint density at radius 2 is 2.17 bits per heavy atom. The molecule has 0 radical (unpaired) electrons. The number of rotatable bonds is 4. The summed E-state index contributed by atoms with van der Waals surface area (Å²) in [6.07, 6.45) is 2.09. The van der Waals surface area contributed by atoms with E-state index in [1.165, 1.54) is 4.91 Å². The van der Waals surface area contributed by atoms with Gasteiger partial charge in [-0.25, -0.2) is 0 Å². The fourth-order valence-corrected chi connectivity index (χ4v) is 2.60. The van der Waals surface area contributed by atoms with Crippen LogP contribution in [0.15, 0.2) is 11.5 Å². The molecule has 1 saturated heterocycles. The van der Waals surface area contributed by atoms with Crippen molar-refractivity contribution < 1.29 is 0 Å². The van der Waals surface area contributed by atoms with Crippen molar-refractivity contribution in [3.8, 4) is 0 Å². The largest absolute Gasteiger partial charge is 0.314 e. The monoisotopic (exact) mass is 204 g/mol. The lowest BCUT2D eigenvalue weighted by Crippen LogP contribution is -2.43. The van der Waals surface area contributed by atoms with Crippen molar-refractivity contribution in [3.05, 3.63) is 11.5 Å². The smallest absolute Gasteiger partial charge is 0.0297 e. The van der Waals surface area contributed by atoms with E-state index < -0.39 is 0 Å². The molecule has 0 amide bonds. The maximum Gasteiger partial charge on any atom is 0.0297 e. The summed E-state index contributed by atoms with van der Waals surface area (Å²) in [6.45, 7) is 9.63. The quantitative estimate of drug-likeness (QED) is 0.696. The Balaban J connectivity index is 2.15. The normalized spacial score (nSPS) is 19.4. The van der Waals surface area contributed by atoms with Gasteiger partial charge in [0.25, 0.3) is 0 Å². The Morgan fingerprint density at radius 1 is 1.50 bits per heavy atom. The van der Waals surface area contributed by atoms with Gasteiger partial charge in [0.1, 0.15) is 0 Å². The lowest BCUT2D eigenvalue weighted by atomic mass is 10.3. The first kappa shape index (κ1) is 10.4. The van der Waals surface area contributed by atoms with E-state index in [4.69, 9.17) is 0 Å². The van der Waals surface area contributed by atoms with Crippen LogP contribution in [0.5, 0.6) is 0 Å². The summed E-state index contributed by atoms with van der Waals surface area (Å²) < 4.78 is 0. The van der Waals surface area contributed by atoms with Crippen LogP contribution in [-0.4, -0.2) is 43.9 Å². The molecule has 0 atom stereocenters. The first-order valence-corrected chi connectivity index (χ1v) is 6.70. The summed E-state index contributed by atoms with van der Waals surface area (Å²) in [6, 6.07) is 0. The molecule has 1 rings (SSSR count). The molecule has 0 aromatic heterocycles. The molecule has 0 bridgehead atoms. The molecule has 4 heteroatoms. The van der Waals surface area contributed by atoms with Gasteiger partial charge >= 0.3 is 0 Å². The molecule has 0 aromatic carbocycles. The predicted octanol–water partition coefficient (Wildman–Crippen LogP) is 1.42. The summed E-state index contributed by atoms with van der Waals surface area (Å²) >= 11 is 0. The van der Waals surface area contributed by atoms with Crippen molar-refractivity contribution in [1.29, 1.82) is 0 Å². The lowest BCUT2D eigenvalue weighted by molar-refractivity contribution is 0.263. The fraction of sp³-hybridized carbons (Fsp3) is 0.750. The van der Waals surface area contributed by atoms with Gasteiger partial charge < -0.3 is 5.32 Å². The Kier molecular flexibility index (Phi) is 5.14. The van der Waals surface area contributed by atoms with E-state index in [2.05, 4.69) is 23.1 Å². The molecule has 1 aliphatic heterocycles. The number of piperazine rings is 1. The average Bonchev–Trinajstić information content (AvgIpc) is 2.06. The molecule has 0 unspecified atom stereocenters. The summed E-state index contributed by atoms with van der Waals surface area (Å²) in [5.41, 5.74) is 0. The topological polar surface area (TPSA) is 15.3 Å². The van der Waals surface area contributed by atoms with Crippen molar-refractivity contribution in [2.24, 2.45) is 0 Å². The molecule has 70 valence electrons. The standard InChI is InChI=1S/C8H16N2S2/c1-8(12-11-2)7-10-5-3-9-4-6-10/h9H,1,3-7H2,2H3. The number of hydrogen-bond acceptors (Lipinski definition) is 4. The van der Waals surface area contributed by atoms with Crippen LogP contribution in [0.4, 0.5) is 0 Å². The van der Waals surface area contributed by atoms with Crippen LogP contribution in [-0.2, 0) is 0 Å². The predicted molar refractivity (Wildman–Crippen MR) is 59.6 cm³/mol. The van der Waals surface area contributed by atoms with Gasteiger partial charge in [-0.2, -0.15) is 0 Å². The molecule has 2 nitrogen and oxygen atoms in total. The zero-order chi connectivity index (χ0) is 8.81. The summed E-state index contributed by atoms with van der Waals surface area (Å²) in [4.78, 5) is 3.71. The van der Waals surface area contributed by atoms with E-state index in [0.717, 1.165) is 32.7 Å². The van der Waals surface area contributed by atoms with Gasteiger partial charge in [-0.05, 0) is 6.26 Å². The highest BCUT2D eigenvalue weighted by molar-refractivity contribution is 8.77. The van der Waals surface area contributed by atoms with Crippen LogP contribution in [0.1, 0.15) is 0 Å². The van der Waals surface area contributed by atoms with Crippen molar-refractivity contribution in [2.45, 2.75) is 0 Å². The van der Waals surface area contributed by atoms with Crippen molar-refractivity contribution in [3.63, 3.8) is 0 Å². The second kappa shape index (κ2) is 5.91. The Morgan fingerprint density at radius 3 is 2.75 bits per heavy atom. The van der Waals surface area contributed by atoms with E-state index in [1.54, 1.807) is 21.6 Å². The molecule has 0 aromatic rings. The van der Waals surface area contributed by atoms with Crippen molar-refractivity contribution >= 4 is 21.6 Å². The molecular formula is C8H16N2S2. The SMILES string of the molecule is C=C(CN1CCNCC1)SSC. The van der Waals surface area contributed by atoms with Crippen LogP contribution in [0, 0.1) is 0 Å². The molecule has 12 heavy (non-hydrogen) atoms. The maximum absolute atomic E-state index is 4.02. The van der Waals surface area contributed by atoms with E-state index in [1.807, 2.05) is 0 Å². The highest BCUT2D eigenvalue weighted by Crippen LogP contribution is 2.26. The Labute approximate surface area is 82.6 Å². The van der Waals surface area contributed by atoms with Gasteiger partial charge in [-0.15, -0.1) is 0 Å². The second-order valence-electron chi connectivity index (χ2n) is 2.81. The molecular weight excluding hydrogens is 188 g/mol. The maximum atomic E-state index is 4.02. The molecule has 1 N–H and O–H groups in total. The van der Waals surface area contributed by atoms with Gasteiger partial charge in [0, 0.05) is 37.6 Å². The van der Waals surface area contributed by atoms with Gasteiger partial charge in [-0.1, -0.05) is 28.2 Å². The number of nitrogens with zero attached hydrogens (tertiary/aromatic N) is 1. The number of nitrogens with one attached hydrogen (secondary N) is 1. The summed E-state index contributed by atoms with van der Waals surface area (Å²) in [5, 5.41) is 3.34. The third-order valence-electron chi connectivity index (χ3n) is 1.81. The van der Waals surface area contributed by atoms with Crippen molar-refractivity contribution in [1.82, 2.24) is 10.2 Å². The number of hydrogen-bond donors (Lipinski definition) is 1. The lowest BCUT2D eigenvalue weighted by Gasteiger charge is -2.27. The van der Waals surface area contributed by atoms with Crippen LogP contribution in [0.25, 0.3) is 0 Å². The zero-order valence-electron chi connectivity index (χ0n) is 7.51. The average molecular weight is 204 g/mol. The van der Waals surface area contributed by atoms with Gasteiger partial charge in [0.15, 0.2) is 0 Å². The summed E-state index contributed by atoms with van der Waals surface area (Å²) in [5.74, 6) is 0. The van der Waals surface area contributed by atoms with E-state index in [9.17, 15) is 0 Å². The highest BCUT2D eigenvalue weighted by Gasteiger charge is 2.09. The first-order chi connectivity index (χ1) is 5.83. The molecule has 1 aliphatic rings. The van der Waals surface area contributed by atoms with E-state index in [0.29, 0.717) is 0 Å². The highest BCUT2D eigenvalue weighted by atomic mass is 33.1. The minimum absolute atomic E-state index is 1.05. The van der Waals surface area contributed by atoms with E-state index >= 15 is 0 Å². The molecule has 1 fully saturated rings. The van der Waals surface area contributed by atoms with Crippen LogP contribution >= 0.6 is 21.6 Å². The first-order valence-electron chi connectivity index (χ1n) is 4.14. The second-order valence-corrected chi connectivity index (χ2v) is 5.39. The third kappa shape index (κ3) is 3.85. The van der Waals surface area contributed by atoms with E-state index in [-0.39, 0.29) is 0 Å². The van der Waals surface area contributed by atoms with Crippen LogP contribution in [0.2, 0.25) is 0 Å². The minimum atomic E-state index is 1.05. The molecule has 0 saturated carbocycles. The van der Waals surface area contributed by atoms with Crippen molar-refractivity contribution in [2.75, 3.05) is 39.0 Å². The zero-order valence-corrected chi connectivity index (χ0v) is 9.14. The molecule has 0 spiro atoms. The molecule has 0 aliphatic carbocycles. The van der Waals surface area contributed by atoms with Gasteiger partial charge in [0.05, 0.1) is 0 Å². The minimum Gasteiger partial charge on any atom is -0.314 e. The Bertz CT molecular complexity index is 144. The fourth-order valence-electron chi connectivity index (χ4n) is 1.26.